The van der Waals surface area contributed by atoms with Crippen molar-refractivity contribution in [3.63, 3.8) is 0 Å². The SMILES string of the molecule is NC1=N[C@@]2(COC1)c1cc(-c3cccnc3F)ccc1Oc1c2cc(N2CCC(F)(F)CC2)nc1F. The van der Waals surface area contributed by atoms with Gasteiger partial charge in [0.05, 0.1) is 6.61 Å². The number of hydrogen-bond donors (Lipinski definition) is 1. The lowest BCUT2D eigenvalue weighted by Crippen LogP contribution is -2.43. The number of alkyl halides is 2. The highest BCUT2D eigenvalue weighted by Gasteiger charge is 2.47. The number of ether oxygens (including phenoxy) is 2. The average Bonchev–Trinajstić information content (AvgIpc) is 2.85. The van der Waals surface area contributed by atoms with Crippen molar-refractivity contribution in [1.82, 2.24) is 9.97 Å². The second-order valence-corrected chi connectivity index (χ2v) is 9.10. The Hall–Kier alpha value is -3.73. The fourth-order valence-corrected chi connectivity index (χ4v) is 4.97. The Kier molecular flexibility index (Phi) is 5.15. The van der Waals surface area contributed by atoms with Crippen LogP contribution in [0.1, 0.15) is 24.0 Å². The van der Waals surface area contributed by atoms with E-state index in [2.05, 4.69) is 9.97 Å². The summed E-state index contributed by atoms with van der Waals surface area (Å²) in [6, 6.07) is 9.74. The molecule has 1 fully saturated rings. The molecule has 5 heterocycles. The first kappa shape index (κ1) is 22.7. The molecule has 6 rings (SSSR count). The highest BCUT2D eigenvalue weighted by atomic mass is 19.3. The number of nitrogens with two attached hydrogens (primary N) is 1. The van der Waals surface area contributed by atoms with Crippen LogP contribution in [0.4, 0.5) is 23.4 Å². The maximum Gasteiger partial charge on any atom is 0.258 e. The molecule has 36 heavy (non-hydrogen) atoms. The van der Waals surface area contributed by atoms with E-state index in [-0.39, 0.29) is 62.1 Å². The highest BCUT2D eigenvalue weighted by molar-refractivity contribution is 5.84. The summed E-state index contributed by atoms with van der Waals surface area (Å²) in [6.45, 7) is 0.146. The number of rotatable bonds is 2. The molecule has 2 aromatic heterocycles. The Bertz CT molecular complexity index is 1390. The Morgan fingerprint density at radius 1 is 1.00 bits per heavy atom. The summed E-state index contributed by atoms with van der Waals surface area (Å²) in [5.74, 6) is -3.77. The maximum absolute atomic E-state index is 15.4. The van der Waals surface area contributed by atoms with Gasteiger partial charge in [0.15, 0.2) is 5.75 Å². The molecule has 0 bridgehead atoms. The van der Waals surface area contributed by atoms with E-state index in [1.54, 1.807) is 41.3 Å². The van der Waals surface area contributed by atoms with Gasteiger partial charge in [0.25, 0.3) is 11.9 Å². The molecule has 1 spiro atoms. The zero-order valence-electron chi connectivity index (χ0n) is 19.0. The molecule has 3 aliphatic rings. The van der Waals surface area contributed by atoms with Crippen molar-refractivity contribution in [3.05, 3.63) is 65.6 Å². The van der Waals surface area contributed by atoms with Crippen molar-refractivity contribution in [2.24, 2.45) is 10.7 Å². The third kappa shape index (κ3) is 3.65. The van der Waals surface area contributed by atoms with Crippen LogP contribution in [0.3, 0.4) is 0 Å². The van der Waals surface area contributed by atoms with E-state index in [0.29, 0.717) is 22.4 Å². The molecule has 1 saturated heterocycles. The molecule has 3 aromatic rings. The van der Waals surface area contributed by atoms with Crippen LogP contribution in [0.25, 0.3) is 11.1 Å². The fraction of sp³-hybridized carbons (Fsp3) is 0.320. The van der Waals surface area contributed by atoms with Gasteiger partial charge in [-0.3, -0.25) is 4.99 Å². The molecule has 0 saturated carbocycles. The minimum absolute atomic E-state index is 0.0109. The van der Waals surface area contributed by atoms with Crippen LogP contribution in [0, 0.1) is 11.9 Å². The largest absolute Gasteiger partial charge is 0.452 e. The van der Waals surface area contributed by atoms with E-state index in [0.717, 1.165) is 0 Å². The quantitative estimate of drug-likeness (QED) is 0.416. The van der Waals surface area contributed by atoms with Crippen LogP contribution in [0.15, 0.2) is 47.6 Å². The number of nitrogens with zero attached hydrogens (tertiary/aromatic N) is 4. The van der Waals surface area contributed by atoms with Crippen molar-refractivity contribution in [2.75, 3.05) is 31.2 Å². The lowest BCUT2D eigenvalue weighted by atomic mass is 9.79. The molecule has 186 valence electrons. The van der Waals surface area contributed by atoms with Gasteiger partial charge in [-0.15, -0.1) is 0 Å². The van der Waals surface area contributed by atoms with Gasteiger partial charge in [-0.2, -0.15) is 13.8 Å². The minimum Gasteiger partial charge on any atom is -0.452 e. The first-order valence-electron chi connectivity index (χ1n) is 11.4. The number of benzene rings is 1. The Morgan fingerprint density at radius 3 is 2.56 bits per heavy atom. The van der Waals surface area contributed by atoms with Gasteiger partial charge in [0, 0.05) is 48.8 Å². The molecule has 0 aliphatic carbocycles. The van der Waals surface area contributed by atoms with Crippen LogP contribution < -0.4 is 15.4 Å². The van der Waals surface area contributed by atoms with Crippen LogP contribution >= 0.6 is 0 Å². The predicted octanol–water partition coefficient (Wildman–Crippen LogP) is 4.39. The summed E-state index contributed by atoms with van der Waals surface area (Å²) >= 11 is 0. The van der Waals surface area contributed by atoms with E-state index in [4.69, 9.17) is 20.2 Å². The van der Waals surface area contributed by atoms with Crippen molar-refractivity contribution in [3.8, 4) is 22.6 Å². The number of hydrogen-bond acceptors (Lipinski definition) is 7. The standard InChI is InChI=1S/C25H21F4N5O2/c26-22-15(2-1-7-31-22)14-3-4-18-16(10-14)25(13-35-12-19(30)33-25)17-11-20(32-23(27)21(17)36-18)34-8-5-24(28,29)6-9-34/h1-4,7,10-11H,5-6,8-9,12-13H2,(H2,30,33)/t25-/m0/s1. The first-order valence-corrected chi connectivity index (χ1v) is 11.4. The number of anilines is 1. The van der Waals surface area contributed by atoms with E-state index in [9.17, 15) is 13.2 Å². The number of halogens is 4. The Labute approximate surface area is 203 Å². The summed E-state index contributed by atoms with van der Waals surface area (Å²) in [7, 11) is 0. The summed E-state index contributed by atoms with van der Waals surface area (Å²) in [6.07, 6.45) is 0.643. The maximum atomic E-state index is 15.4. The summed E-state index contributed by atoms with van der Waals surface area (Å²) in [4.78, 5) is 14.1. The zero-order valence-corrected chi connectivity index (χ0v) is 19.0. The smallest absolute Gasteiger partial charge is 0.258 e. The molecule has 0 unspecified atom stereocenters. The molecule has 2 N–H and O–H groups in total. The average molecular weight is 499 g/mol. The molecule has 0 amide bonds. The van der Waals surface area contributed by atoms with Gasteiger partial charge in [-0.25, -0.2) is 13.8 Å². The lowest BCUT2D eigenvalue weighted by molar-refractivity contribution is -0.0221. The van der Waals surface area contributed by atoms with Crippen molar-refractivity contribution >= 4 is 11.7 Å². The monoisotopic (exact) mass is 499 g/mol. The zero-order chi connectivity index (χ0) is 25.1. The predicted molar refractivity (Wildman–Crippen MR) is 124 cm³/mol. The molecule has 0 radical (unpaired) electrons. The number of fused-ring (bicyclic) bond motifs is 4. The molecule has 7 nitrogen and oxygen atoms in total. The van der Waals surface area contributed by atoms with Crippen molar-refractivity contribution < 1.29 is 27.0 Å². The van der Waals surface area contributed by atoms with E-state index in [1.807, 2.05) is 0 Å². The van der Waals surface area contributed by atoms with Crippen LogP contribution in [0.5, 0.6) is 11.5 Å². The van der Waals surface area contributed by atoms with Gasteiger partial charge in [0.2, 0.25) is 5.95 Å². The van der Waals surface area contributed by atoms with Crippen molar-refractivity contribution in [2.45, 2.75) is 24.3 Å². The van der Waals surface area contributed by atoms with Gasteiger partial charge in [-0.05, 0) is 35.9 Å². The summed E-state index contributed by atoms with van der Waals surface area (Å²) in [5.41, 5.74) is 6.37. The molecular weight excluding hydrogens is 478 g/mol. The fourth-order valence-electron chi connectivity index (χ4n) is 4.97. The summed E-state index contributed by atoms with van der Waals surface area (Å²) < 4.78 is 69.0. The first-order chi connectivity index (χ1) is 17.3. The van der Waals surface area contributed by atoms with Crippen LogP contribution in [-0.2, 0) is 10.3 Å². The lowest BCUT2D eigenvalue weighted by Gasteiger charge is -2.40. The third-order valence-corrected chi connectivity index (χ3v) is 6.79. The number of pyridine rings is 2. The Morgan fingerprint density at radius 2 is 1.81 bits per heavy atom. The van der Waals surface area contributed by atoms with E-state index < -0.39 is 23.4 Å². The Balaban J connectivity index is 1.52. The van der Waals surface area contributed by atoms with E-state index in [1.165, 1.54) is 6.20 Å². The van der Waals surface area contributed by atoms with Gasteiger partial charge >= 0.3 is 0 Å². The summed E-state index contributed by atoms with van der Waals surface area (Å²) in [5, 5.41) is 0. The molecule has 1 aromatic carbocycles. The number of piperidine rings is 1. The molecular formula is C25H21F4N5O2. The second kappa shape index (κ2) is 8.16. The normalized spacial score (nSPS) is 22.4. The second-order valence-electron chi connectivity index (χ2n) is 9.10. The third-order valence-electron chi connectivity index (χ3n) is 6.79. The minimum atomic E-state index is -2.76. The topological polar surface area (TPSA) is 85.9 Å². The van der Waals surface area contributed by atoms with Crippen LogP contribution in [-0.4, -0.2) is 48.0 Å². The van der Waals surface area contributed by atoms with Gasteiger partial charge < -0.3 is 20.1 Å². The van der Waals surface area contributed by atoms with E-state index >= 15 is 4.39 Å². The number of amidine groups is 1. The van der Waals surface area contributed by atoms with Gasteiger partial charge in [-0.1, -0.05) is 6.07 Å². The number of aromatic nitrogens is 2. The molecule has 1 atom stereocenters. The van der Waals surface area contributed by atoms with Crippen LogP contribution in [0.2, 0.25) is 0 Å². The molecule has 11 heteroatoms. The van der Waals surface area contributed by atoms with Crippen molar-refractivity contribution in [1.29, 1.82) is 0 Å². The van der Waals surface area contributed by atoms with Gasteiger partial charge in [0.1, 0.15) is 29.5 Å². The number of aliphatic imine (C=N–C) groups is 1. The highest BCUT2D eigenvalue weighted by Crippen LogP contribution is 2.52. The molecule has 3 aliphatic heterocycles.